The third kappa shape index (κ3) is 4.63. The molecule has 4 nitrogen and oxygen atoms in total. The number of hydrogen-bond donors (Lipinski definition) is 1. The standard InChI is InChI=1S/C22H26ClNO3/c1-3-27-20-9-8-18(23)14-19(20)21(16-6-4-15(2)5-7-16)24-12-10-17(11-13-24)22(25)26/h4-9,14,17,21H,3,10-13H2,1-2H3,(H,25,26). The zero-order valence-corrected chi connectivity index (χ0v) is 16.6. The highest BCUT2D eigenvalue weighted by atomic mass is 35.5. The number of aliphatic carboxylic acids is 1. The number of halogens is 1. The van der Waals surface area contributed by atoms with Gasteiger partial charge in [0, 0.05) is 10.6 Å². The van der Waals surface area contributed by atoms with Crippen molar-refractivity contribution in [1.82, 2.24) is 4.90 Å². The number of likely N-dealkylation sites (tertiary alicyclic amines) is 1. The molecule has 2 aromatic rings. The molecule has 0 aromatic heterocycles. The van der Waals surface area contributed by atoms with Crippen molar-refractivity contribution in [2.24, 2.45) is 5.92 Å². The van der Waals surface area contributed by atoms with Crippen LogP contribution in [0.4, 0.5) is 0 Å². The van der Waals surface area contributed by atoms with Crippen LogP contribution < -0.4 is 4.74 Å². The Balaban J connectivity index is 2.00. The van der Waals surface area contributed by atoms with Crippen LogP contribution in [-0.4, -0.2) is 35.7 Å². The molecule has 3 rings (SSSR count). The summed E-state index contributed by atoms with van der Waals surface area (Å²) in [5, 5.41) is 9.99. The van der Waals surface area contributed by atoms with Crippen LogP contribution in [0.2, 0.25) is 5.02 Å². The number of aryl methyl sites for hydroxylation is 1. The highest BCUT2D eigenvalue weighted by molar-refractivity contribution is 6.30. The lowest BCUT2D eigenvalue weighted by Gasteiger charge is -2.37. The van der Waals surface area contributed by atoms with Gasteiger partial charge in [-0.25, -0.2) is 0 Å². The third-order valence-electron chi connectivity index (χ3n) is 5.20. The van der Waals surface area contributed by atoms with Gasteiger partial charge in [-0.15, -0.1) is 0 Å². The maximum atomic E-state index is 11.3. The summed E-state index contributed by atoms with van der Waals surface area (Å²) in [7, 11) is 0. The van der Waals surface area contributed by atoms with Gasteiger partial charge in [-0.05, 0) is 63.5 Å². The second-order valence-corrected chi connectivity index (χ2v) is 7.51. The van der Waals surface area contributed by atoms with Gasteiger partial charge in [-0.2, -0.15) is 0 Å². The molecule has 0 radical (unpaired) electrons. The van der Waals surface area contributed by atoms with E-state index in [1.54, 1.807) is 0 Å². The average Bonchev–Trinajstić information content (AvgIpc) is 2.66. The number of nitrogens with zero attached hydrogens (tertiary/aromatic N) is 1. The maximum absolute atomic E-state index is 11.3. The number of carbonyl (C=O) groups is 1. The average molecular weight is 388 g/mol. The second kappa shape index (κ2) is 8.77. The quantitative estimate of drug-likeness (QED) is 0.763. The largest absolute Gasteiger partial charge is 0.494 e. The van der Waals surface area contributed by atoms with Crippen molar-refractivity contribution in [3.8, 4) is 5.75 Å². The number of carboxylic acids is 1. The Morgan fingerprint density at radius 1 is 1.22 bits per heavy atom. The van der Waals surface area contributed by atoms with Crippen molar-refractivity contribution in [1.29, 1.82) is 0 Å². The molecular formula is C22H26ClNO3. The highest BCUT2D eigenvalue weighted by Gasteiger charge is 2.31. The molecular weight excluding hydrogens is 362 g/mol. The van der Waals surface area contributed by atoms with E-state index in [0.29, 0.717) is 24.5 Å². The van der Waals surface area contributed by atoms with Gasteiger partial charge in [0.1, 0.15) is 5.75 Å². The second-order valence-electron chi connectivity index (χ2n) is 7.08. The number of piperidine rings is 1. The van der Waals surface area contributed by atoms with Crippen LogP contribution in [0.1, 0.15) is 42.5 Å². The summed E-state index contributed by atoms with van der Waals surface area (Å²) in [6, 6.07) is 14.2. The van der Waals surface area contributed by atoms with Crippen molar-refractivity contribution in [3.63, 3.8) is 0 Å². The first-order chi connectivity index (χ1) is 13.0. The molecule has 5 heteroatoms. The highest BCUT2D eigenvalue weighted by Crippen LogP contribution is 2.38. The number of benzene rings is 2. The predicted octanol–water partition coefficient (Wildman–Crippen LogP) is 4.93. The van der Waals surface area contributed by atoms with Crippen LogP contribution in [0.15, 0.2) is 42.5 Å². The summed E-state index contributed by atoms with van der Waals surface area (Å²) < 4.78 is 5.89. The Labute approximate surface area is 165 Å². The Hall–Kier alpha value is -2.04. The van der Waals surface area contributed by atoms with Crippen LogP contribution in [0.3, 0.4) is 0 Å². The number of carboxylic acid groups (broad SMARTS) is 1. The fraction of sp³-hybridized carbons (Fsp3) is 0.409. The molecule has 1 saturated heterocycles. The van der Waals surface area contributed by atoms with Crippen molar-refractivity contribution in [2.45, 2.75) is 32.7 Å². The summed E-state index contributed by atoms with van der Waals surface area (Å²) in [6.45, 7) is 6.08. The van der Waals surface area contributed by atoms with E-state index in [1.165, 1.54) is 5.56 Å². The molecule has 1 N–H and O–H groups in total. The lowest BCUT2D eigenvalue weighted by Crippen LogP contribution is -2.39. The minimum atomic E-state index is -0.695. The Bertz CT molecular complexity index is 783. The van der Waals surface area contributed by atoms with E-state index >= 15 is 0 Å². The summed E-state index contributed by atoms with van der Waals surface area (Å²) in [6.07, 6.45) is 1.31. The molecule has 1 unspecified atom stereocenters. The van der Waals surface area contributed by atoms with Gasteiger partial charge in [0.05, 0.1) is 18.6 Å². The summed E-state index contributed by atoms with van der Waals surface area (Å²) in [5.41, 5.74) is 3.40. The van der Waals surface area contributed by atoms with Crippen LogP contribution in [0.5, 0.6) is 5.75 Å². The van der Waals surface area contributed by atoms with Crippen LogP contribution >= 0.6 is 11.6 Å². The summed E-state index contributed by atoms with van der Waals surface area (Å²) in [4.78, 5) is 13.7. The van der Waals surface area contributed by atoms with Gasteiger partial charge >= 0.3 is 5.97 Å². The molecule has 1 fully saturated rings. The predicted molar refractivity (Wildman–Crippen MR) is 108 cm³/mol. The molecule has 1 aliphatic rings. The zero-order valence-electron chi connectivity index (χ0n) is 15.8. The van der Waals surface area contributed by atoms with Crippen molar-refractivity contribution in [3.05, 3.63) is 64.2 Å². The SMILES string of the molecule is CCOc1ccc(Cl)cc1C(c1ccc(C)cc1)N1CCC(C(=O)O)CC1. The van der Waals surface area contributed by atoms with E-state index in [1.807, 2.05) is 25.1 Å². The Kier molecular flexibility index (Phi) is 6.40. The van der Waals surface area contributed by atoms with Gasteiger partial charge in [0.15, 0.2) is 0 Å². The third-order valence-corrected chi connectivity index (χ3v) is 5.44. The molecule has 1 heterocycles. The van der Waals surface area contributed by atoms with Crippen molar-refractivity contribution >= 4 is 17.6 Å². The van der Waals surface area contributed by atoms with Crippen LogP contribution in [-0.2, 0) is 4.79 Å². The monoisotopic (exact) mass is 387 g/mol. The fourth-order valence-electron chi connectivity index (χ4n) is 3.76. The number of hydrogen-bond acceptors (Lipinski definition) is 3. The van der Waals surface area contributed by atoms with E-state index in [4.69, 9.17) is 16.3 Å². The molecule has 0 bridgehead atoms. The smallest absolute Gasteiger partial charge is 0.306 e. The molecule has 2 aromatic carbocycles. The van der Waals surface area contributed by atoms with Gasteiger partial charge in [0.2, 0.25) is 0 Å². The van der Waals surface area contributed by atoms with Gasteiger partial charge in [0.25, 0.3) is 0 Å². The summed E-state index contributed by atoms with van der Waals surface area (Å²) in [5.74, 6) is -0.127. The molecule has 0 aliphatic carbocycles. The summed E-state index contributed by atoms with van der Waals surface area (Å²) >= 11 is 6.33. The number of ether oxygens (including phenoxy) is 1. The van der Waals surface area contributed by atoms with E-state index in [0.717, 1.165) is 30.0 Å². The zero-order chi connectivity index (χ0) is 19.4. The van der Waals surface area contributed by atoms with E-state index in [-0.39, 0.29) is 12.0 Å². The maximum Gasteiger partial charge on any atom is 0.306 e. The fourth-order valence-corrected chi connectivity index (χ4v) is 3.94. The first kappa shape index (κ1) is 19.7. The molecule has 0 saturated carbocycles. The lowest BCUT2D eigenvalue weighted by molar-refractivity contribution is -0.143. The van der Waals surface area contributed by atoms with E-state index in [9.17, 15) is 9.90 Å². The van der Waals surface area contributed by atoms with Gasteiger partial charge < -0.3 is 9.84 Å². The first-order valence-electron chi connectivity index (χ1n) is 9.45. The number of rotatable bonds is 6. The van der Waals surface area contributed by atoms with E-state index < -0.39 is 5.97 Å². The molecule has 0 amide bonds. The minimum Gasteiger partial charge on any atom is -0.494 e. The van der Waals surface area contributed by atoms with Gasteiger partial charge in [-0.1, -0.05) is 41.4 Å². The minimum absolute atomic E-state index is 0.0133. The van der Waals surface area contributed by atoms with Crippen LogP contribution in [0, 0.1) is 12.8 Å². The first-order valence-corrected chi connectivity index (χ1v) is 9.83. The van der Waals surface area contributed by atoms with Gasteiger partial charge in [-0.3, -0.25) is 9.69 Å². The molecule has 27 heavy (non-hydrogen) atoms. The lowest BCUT2D eigenvalue weighted by atomic mass is 9.90. The van der Waals surface area contributed by atoms with Crippen molar-refractivity contribution < 1.29 is 14.6 Å². The topological polar surface area (TPSA) is 49.8 Å². The normalized spacial score (nSPS) is 16.9. The molecule has 1 aliphatic heterocycles. The Morgan fingerprint density at radius 2 is 1.89 bits per heavy atom. The van der Waals surface area contributed by atoms with E-state index in [2.05, 4.69) is 36.1 Å². The van der Waals surface area contributed by atoms with Crippen LogP contribution in [0.25, 0.3) is 0 Å². The molecule has 1 atom stereocenters. The molecule has 0 spiro atoms. The van der Waals surface area contributed by atoms with Crippen molar-refractivity contribution in [2.75, 3.05) is 19.7 Å². The Morgan fingerprint density at radius 3 is 2.48 bits per heavy atom. The molecule has 144 valence electrons.